The predicted molar refractivity (Wildman–Crippen MR) is 85.0 cm³/mol. The molecule has 3 fully saturated rings. The number of carbonyl (C=O) groups is 1. The summed E-state index contributed by atoms with van der Waals surface area (Å²) < 4.78 is 0. The van der Waals surface area contributed by atoms with Gasteiger partial charge in [0.25, 0.3) is 0 Å². The summed E-state index contributed by atoms with van der Waals surface area (Å²) in [5.41, 5.74) is 1.07. The molecule has 2 aliphatic carbocycles. The molecule has 4 heteroatoms. The smallest absolute Gasteiger partial charge is 0.244 e. The first-order valence-electron chi connectivity index (χ1n) is 8.29. The maximum Gasteiger partial charge on any atom is 0.244 e. The van der Waals surface area contributed by atoms with Crippen LogP contribution >= 0.6 is 11.3 Å². The van der Waals surface area contributed by atoms with Gasteiger partial charge in [0.1, 0.15) is 11.7 Å². The van der Waals surface area contributed by atoms with E-state index < -0.39 is 0 Å². The Hall–Kier alpha value is -0.870. The third-order valence-electron chi connectivity index (χ3n) is 5.59. The van der Waals surface area contributed by atoms with Gasteiger partial charge < -0.3 is 4.90 Å². The molecule has 114 valence electrons. The highest BCUT2D eigenvalue weighted by atomic mass is 32.1. The molecule has 0 aromatic carbocycles. The molecule has 1 aromatic heterocycles. The lowest BCUT2D eigenvalue weighted by Gasteiger charge is -2.32. The van der Waals surface area contributed by atoms with E-state index in [0.29, 0.717) is 11.8 Å². The van der Waals surface area contributed by atoms with Gasteiger partial charge >= 0.3 is 0 Å². The second kappa shape index (κ2) is 5.10. The van der Waals surface area contributed by atoms with Crippen LogP contribution in [0.2, 0.25) is 0 Å². The number of hydrogen-bond acceptors (Lipinski definition) is 3. The number of carbonyl (C=O) groups excluding carboxylic acids is 1. The minimum Gasteiger partial charge on any atom is -0.321 e. The van der Waals surface area contributed by atoms with E-state index in [9.17, 15) is 4.79 Å². The highest BCUT2D eigenvalue weighted by Gasteiger charge is 2.59. The van der Waals surface area contributed by atoms with E-state index in [1.165, 1.54) is 31.2 Å². The summed E-state index contributed by atoms with van der Waals surface area (Å²) in [6.45, 7) is 3.30. The molecular formula is C17H24N2OS. The highest BCUT2D eigenvalue weighted by molar-refractivity contribution is 7.07. The van der Waals surface area contributed by atoms with Gasteiger partial charge in [-0.3, -0.25) is 10.1 Å². The van der Waals surface area contributed by atoms with Gasteiger partial charge in [-0.1, -0.05) is 19.8 Å². The fraction of sp³-hybridized carbons (Fsp3) is 0.706. The molecule has 0 bridgehead atoms. The summed E-state index contributed by atoms with van der Waals surface area (Å²) in [4.78, 5) is 14.9. The number of rotatable bonds is 3. The molecule has 3 nitrogen and oxygen atoms in total. The summed E-state index contributed by atoms with van der Waals surface area (Å²) in [6, 6.07) is 2.16. The minimum absolute atomic E-state index is 0.116. The van der Waals surface area contributed by atoms with Crippen LogP contribution in [-0.2, 0) is 4.79 Å². The zero-order valence-corrected chi connectivity index (χ0v) is 13.5. The Balaban J connectivity index is 1.52. The van der Waals surface area contributed by atoms with Crippen molar-refractivity contribution in [2.24, 2.45) is 11.8 Å². The number of amides is 1. The largest absolute Gasteiger partial charge is 0.321 e. The van der Waals surface area contributed by atoms with Gasteiger partial charge in [0.2, 0.25) is 5.91 Å². The summed E-state index contributed by atoms with van der Waals surface area (Å²) in [6.07, 6.45) is 7.38. The molecule has 1 aliphatic heterocycles. The van der Waals surface area contributed by atoms with Crippen LogP contribution in [0.15, 0.2) is 16.8 Å². The van der Waals surface area contributed by atoms with Crippen LogP contribution in [0.1, 0.15) is 57.2 Å². The minimum atomic E-state index is -0.200. The Morgan fingerprint density at radius 1 is 1.33 bits per heavy atom. The van der Waals surface area contributed by atoms with Gasteiger partial charge in [-0.2, -0.15) is 11.3 Å². The van der Waals surface area contributed by atoms with Crippen molar-refractivity contribution in [3.05, 3.63) is 22.4 Å². The number of nitrogens with zero attached hydrogens (tertiary/aromatic N) is 1. The van der Waals surface area contributed by atoms with Crippen molar-refractivity contribution >= 4 is 17.2 Å². The molecule has 21 heavy (non-hydrogen) atoms. The zero-order chi connectivity index (χ0) is 14.4. The van der Waals surface area contributed by atoms with E-state index in [4.69, 9.17) is 0 Å². The lowest BCUT2D eigenvalue weighted by atomic mass is 9.82. The first-order chi connectivity index (χ1) is 10.2. The zero-order valence-electron chi connectivity index (χ0n) is 12.7. The summed E-state index contributed by atoms with van der Waals surface area (Å²) in [7, 11) is 0. The van der Waals surface area contributed by atoms with Gasteiger partial charge in [-0.15, -0.1) is 0 Å². The topological polar surface area (TPSA) is 32.3 Å². The van der Waals surface area contributed by atoms with Gasteiger partial charge in [0.05, 0.1) is 0 Å². The van der Waals surface area contributed by atoms with Crippen LogP contribution in [0.25, 0.3) is 0 Å². The molecule has 1 N–H and O–H groups in total. The molecular weight excluding hydrogens is 280 g/mol. The van der Waals surface area contributed by atoms with E-state index in [2.05, 4.69) is 34.0 Å². The lowest BCUT2D eigenvalue weighted by Crippen LogP contribution is -2.36. The standard InChI is InChI=1S/C17H24N2OS/c1-12-2-4-13(5-3-12)10-19-15(14-6-9-21-11-14)18-17(7-8-17)16(19)20/h6,9,11-13,15,18H,2-5,7-8,10H2,1H3. The fourth-order valence-corrected chi connectivity index (χ4v) is 4.63. The van der Waals surface area contributed by atoms with Crippen LogP contribution in [0.5, 0.6) is 0 Å². The van der Waals surface area contributed by atoms with Crippen molar-refractivity contribution in [1.29, 1.82) is 0 Å². The van der Waals surface area contributed by atoms with Crippen LogP contribution in [0, 0.1) is 11.8 Å². The maximum atomic E-state index is 12.8. The second-order valence-electron chi connectivity index (χ2n) is 7.27. The number of hydrogen-bond donors (Lipinski definition) is 1. The SMILES string of the molecule is CC1CCC(CN2C(=O)C3(CC3)NC2c2ccsc2)CC1. The van der Waals surface area contributed by atoms with Crippen molar-refractivity contribution in [3.8, 4) is 0 Å². The Morgan fingerprint density at radius 2 is 2.10 bits per heavy atom. The molecule has 1 unspecified atom stereocenters. The van der Waals surface area contributed by atoms with E-state index >= 15 is 0 Å². The van der Waals surface area contributed by atoms with Gasteiger partial charge in [0, 0.05) is 6.54 Å². The first kappa shape index (κ1) is 13.8. The van der Waals surface area contributed by atoms with E-state index in [-0.39, 0.29) is 11.7 Å². The normalized spacial score (nSPS) is 34.6. The maximum absolute atomic E-state index is 12.8. The van der Waals surface area contributed by atoms with Crippen LogP contribution in [0.3, 0.4) is 0 Å². The predicted octanol–water partition coefficient (Wildman–Crippen LogP) is 3.54. The van der Waals surface area contributed by atoms with Gasteiger partial charge in [-0.25, -0.2) is 0 Å². The molecule has 1 amide bonds. The third-order valence-corrected chi connectivity index (χ3v) is 6.30. The van der Waals surface area contributed by atoms with Crippen LogP contribution < -0.4 is 5.32 Å². The molecule has 3 aliphatic rings. The Bertz CT molecular complexity index is 515. The lowest BCUT2D eigenvalue weighted by molar-refractivity contribution is -0.131. The summed E-state index contributed by atoms with van der Waals surface area (Å²) >= 11 is 1.72. The van der Waals surface area contributed by atoms with Gasteiger partial charge in [0.15, 0.2) is 0 Å². The van der Waals surface area contributed by atoms with Crippen molar-refractivity contribution in [2.45, 2.75) is 57.2 Å². The monoisotopic (exact) mass is 304 g/mol. The van der Waals surface area contributed by atoms with Crippen molar-refractivity contribution in [1.82, 2.24) is 10.2 Å². The average molecular weight is 304 g/mol. The number of thiophene rings is 1. The molecule has 2 heterocycles. The molecule has 2 saturated carbocycles. The summed E-state index contributed by atoms with van der Waals surface area (Å²) in [5.74, 6) is 1.93. The molecule has 1 saturated heterocycles. The third kappa shape index (κ3) is 2.42. The van der Waals surface area contributed by atoms with Crippen molar-refractivity contribution in [2.75, 3.05) is 6.54 Å². The van der Waals surface area contributed by atoms with E-state index in [1.807, 2.05) is 0 Å². The van der Waals surface area contributed by atoms with E-state index in [1.54, 1.807) is 11.3 Å². The molecule has 4 rings (SSSR count). The number of nitrogens with one attached hydrogen (secondary N) is 1. The van der Waals surface area contributed by atoms with Crippen molar-refractivity contribution in [3.63, 3.8) is 0 Å². The van der Waals surface area contributed by atoms with Crippen LogP contribution in [0.4, 0.5) is 0 Å². The molecule has 1 aromatic rings. The van der Waals surface area contributed by atoms with Gasteiger partial charge in [-0.05, 0) is 59.9 Å². The Morgan fingerprint density at radius 3 is 2.71 bits per heavy atom. The molecule has 1 atom stereocenters. The van der Waals surface area contributed by atoms with E-state index in [0.717, 1.165) is 25.3 Å². The fourth-order valence-electron chi connectivity index (χ4n) is 3.95. The van der Waals surface area contributed by atoms with Crippen LogP contribution in [-0.4, -0.2) is 22.9 Å². The Labute approximate surface area is 130 Å². The Kier molecular flexibility index (Phi) is 3.34. The van der Waals surface area contributed by atoms with Crippen molar-refractivity contribution < 1.29 is 4.79 Å². The quantitative estimate of drug-likeness (QED) is 0.926. The first-order valence-corrected chi connectivity index (χ1v) is 9.23. The second-order valence-corrected chi connectivity index (χ2v) is 8.05. The average Bonchev–Trinajstić information content (AvgIpc) is 2.97. The highest BCUT2D eigenvalue weighted by Crippen LogP contribution is 2.47. The molecule has 1 spiro atoms. The summed E-state index contributed by atoms with van der Waals surface area (Å²) in [5, 5.41) is 7.92. The molecule has 0 radical (unpaired) electrons.